The zero-order valence-electron chi connectivity index (χ0n) is 12.9. The van der Waals surface area contributed by atoms with Crippen molar-refractivity contribution in [3.8, 4) is 0 Å². The molecule has 0 fully saturated rings. The van der Waals surface area contributed by atoms with E-state index in [-0.39, 0.29) is 28.2 Å². The number of non-ortho nitro benzene ring substituents is 1. The molecular weight excluding hydrogens is 316 g/mol. The molecule has 2 aromatic carbocycles. The number of hydrogen-bond donors (Lipinski definition) is 1. The molecule has 0 spiro atoms. The van der Waals surface area contributed by atoms with Crippen LogP contribution in [0.15, 0.2) is 42.5 Å². The summed E-state index contributed by atoms with van der Waals surface area (Å²) in [6.07, 6.45) is 0.722. The minimum absolute atomic E-state index is 0.0652. The van der Waals surface area contributed by atoms with E-state index in [1.807, 2.05) is 38.1 Å². The first kappa shape index (κ1) is 17.0. The Bertz CT molecular complexity index is 729. The molecule has 1 N–H and O–H groups in total. The lowest BCUT2D eigenvalue weighted by Crippen LogP contribution is -2.28. The molecule has 0 aliphatic rings. The van der Waals surface area contributed by atoms with Crippen LogP contribution in [0.3, 0.4) is 0 Å². The minimum Gasteiger partial charge on any atom is -0.345 e. The van der Waals surface area contributed by atoms with Gasteiger partial charge in [-0.2, -0.15) is 0 Å². The van der Waals surface area contributed by atoms with Crippen molar-refractivity contribution in [2.24, 2.45) is 0 Å². The van der Waals surface area contributed by atoms with Gasteiger partial charge in [-0.15, -0.1) is 0 Å². The van der Waals surface area contributed by atoms with E-state index in [4.69, 9.17) is 11.6 Å². The number of aryl methyl sites for hydroxylation is 1. The molecule has 0 bridgehead atoms. The Labute approximate surface area is 139 Å². The Kier molecular flexibility index (Phi) is 5.34. The van der Waals surface area contributed by atoms with Gasteiger partial charge >= 0.3 is 0 Å². The first-order valence-electron chi connectivity index (χ1n) is 7.23. The van der Waals surface area contributed by atoms with Gasteiger partial charge in [0.15, 0.2) is 0 Å². The number of hydrogen-bond acceptors (Lipinski definition) is 3. The van der Waals surface area contributed by atoms with E-state index in [0.29, 0.717) is 0 Å². The van der Waals surface area contributed by atoms with E-state index in [1.165, 1.54) is 18.2 Å². The Morgan fingerprint density at radius 3 is 2.43 bits per heavy atom. The zero-order chi connectivity index (χ0) is 17.0. The molecule has 0 aromatic heterocycles. The quantitative estimate of drug-likeness (QED) is 0.650. The molecule has 2 rings (SSSR count). The van der Waals surface area contributed by atoms with Crippen LogP contribution in [0.4, 0.5) is 5.69 Å². The summed E-state index contributed by atoms with van der Waals surface area (Å²) in [4.78, 5) is 22.6. The van der Waals surface area contributed by atoms with E-state index >= 15 is 0 Å². The summed E-state index contributed by atoms with van der Waals surface area (Å²) in [5.74, 6) is -0.350. The van der Waals surface area contributed by atoms with Gasteiger partial charge in [-0.1, -0.05) is 48.4 Å². The van der Waals surface area contributed by atoms with E-state index in [0.717, 1.165) is 17.5 Å². The fourth-order valence-electron chi connectivity index (χ4n) is 2.26. The number of carbonyl (C=O) groups is 1. The number of halogens is 1. The maximum absolute atomic E-state index is 12.4. The molecule has 6 heteroatoms. The van der Waals surface area contributed by atoms with Crippen LogP contribution < -0.4 is 5.32 Å². The fraction of sp³-hybridized carbons (Fsp3) is 0.235. The molecule has 2 aromatic rings. The molecule has 0 unspecified atom stereocenters. The predicted octanol–water partition coefficient (Wildman–Crippen LogP) is 4.44. The van der Waals surface area contributed by atoms with E-state index in [9.17, 15) is 14.9 Å². The number of benzene rings is 2. The molecule has 1 amide bonds. The highest BCUT2D eigenvalue weighted by Crippen LogP contribution is 2.24. The smallest absolute Gasteiger partial charge is 0.270 e. The Morgan fingerprint density at radius 1 is 1.26 bits per heavy atom. The van der Waals surface area contributed by atoms with Crippen LogP contribution in [0, 0.1) is 17.0 Å². The van der Waals surface area contributed by atoms with Crippen molar-refractivity contribution < 1.29 is 9.72 Å². The first-order valence-corrected chi connectivity index (χ1v) is 7.61. The largest absolute Gasteiger partial charge is 0.345 e. The lowest BCUT2D eigenvalue weighted by Gasteiger charge is -2.18. The van der Waals surface area contributed by atoms with Gasteiger partial charge in [-0.3, -0.25) is 14.9 Å². The van der Waals surface area contributed by atoms with Crippen LogP contribution in [0.1, 0.15) is 40.9 Å². The second kappa shape index (κ2) is 7.24. The van der Waals surface area contributed by atoms with Gasteiger partial charge in [0.25, 0.3) is 11.6 Å². The van der Waals surface area contributed by atoms with Crippen molar-refractivity contribution in [2.45, 2.75) is 26.3 Å². The highest BCUT2D eigenvalue weighted by Gasteiger charge is 2.18. The Hall–Kier alpha value is -2.40. The van der Waals surface area contributed by atoms with Crippen LogP contribution in [-0.2, 0) is 0 Å². The summed E-state index contributed by atoms with van der Waals surface area (Å²) < 4.78 is 0. The van der Waals surface area contributed by atoms with Crippen LogP contribution in [0.25, 0.3) is 0 Å². The molecule has 23 heavy (non-hydrogen) atoms. The Balaban J connectivity index is 2.19. The molecule has 0 heterocycles. The third-order valence-electron chi connectivity index (χ3n) is 3.60. The summed E-state index contributed by atoms with van der Waals surface area (Å²) >= 11 is 6.00. The van der Waals surface area contributed by atoms with E-state index in [1.54, 1.807) is 0 Å². The third kappa shape index (κ3) is 4.07. The molecule has 0 radical (unpaired) electrons. The van der Waals surface area contributed by atoms with Gasteiger partial charge in [0, 0.05) is 12.1 Å². The third-order valence-corrected chi connectivity index (χ3v) is 3.91. The average Bonchev–Trinajstić information content (AvgIpc) is 2.53. The topological polar surface area (TPSA) is 72.2 Å². The van der Waals surface area contributed by atoms with Crippen molar-refractivity contribution in [1.29, 1.82) is 0 Å². The molecular formula is C17H17ClN2O3. The average molecular weight is 333 g/mol. The predicted molar refractivity (Wildman–Crippen MR) is 89.8 cm³/mol. The number of rotatable bonds is 5. The van der Waals surface area contributed by atoms with Crippen LogP contribution in [-0.4, -0.2) is 10.8 Å². The molecule has 0 aliphatic carbocycles. The summed E-state index contributed by atoms with van der Waals surface area (Å²) in [5, 5.41) is 13.7. The number of carbonyl (C=O) groups excluding carboxylic acids is 1. The van der Waals surface area contributed by atoms with Gasteiger partial charge < -0.3 is 5.32 Å². The van der Waals surface area contributed by atoms with E-state index < -0.39 is 4.92 Å². The van der Waals surface area contributed by atoms with Gasteiger partial charge in [0.05, 0.1) is 21.6 Å². The standard InChI is InChI=1S/C17H17ClN2O3/c1-3-16(12-6-4-11(2)5-7-12)19-17(21)14-9-8-13(20(22)23)10-15(14)18/h4-10,16H,3H2,1-2H3,(H,19,21)/t16-/m1/s1. The second-order valence-corrected chi connectivity index (χ2v) is 5.67. The minimum atomic E-state index is -0.547. The molecule has 0 saturated carbocycles. The number of amides is 1. The lowest BCUT2D eigenvalue weighted by atomic mass is 10.0. The molecule has 120 valence electrons. The summed E-state index contributed by atoms with van der Waals surface area (Å²) in [5.41, 5.74) is 2.23. The van der Waals surface area contributed by atoms with Crippen molar-refractivity contribution in [3.05, 3.63) is 74.3 Å². The monoisotopic (exact) mass is 332 g/mol. The van der Waals surface area contributed by atoms with Crippen molar-refractivity contribution >= 4 is 23.2 Å². The molecule has 0 saturated heterocycles. The van der Waals surface area contributed by atoms with Crippen LogP contribution in [0.5, 0.6) is 0 Å². The van der Waals surface area contributed by atoms with Gasteiger partial charge in [-0.25, -0.2) is 0 Å². The van der Waals surface area contributed by atoms with Gasteiger partial charge in [-0.05, 0) is 25.0 Å². The fourth-order valence-corrected chi connectivity index (χ4v) is 2.52. The van der Waals surface area contributed by atoms with Gasteiger partial charge in [0.2, 0.25) is 0 Å². The maximum Gasteiger partial charge on any atom is 0.270 e. The summed E-state index contributed by atoms with van der Waals surface area (Å²) in [6.45, 7) is 3.97. The maximum atomic E-state index is 12.4. The SMILES string of the molecule is CC[C@@H](NC(=O)c1ccc([N+](=O)[O-])cc1Cl)c1ccc(C)cc1. The number of nitro groups is 1. The van der Waals surface area contributed by atoms with Crippen molar-refractivity contribution in [1.82, 2.24) is 5.32 Å². The van der Waals surface area contributed by atoms with Gasteiger partial charge in [0.1, 0.15) is 0 Å². The van der Waals surface area contributed by atoms with Crippen LogP contribution in [0.2, 0.25) is 5.02 Å². The van der Waals surface area contributed by atoms with Crippen molar-refractivity contribution in [3.63, 3.8) is 0 Å². The second-order valence-electron chi connectivity index (χ2n) is 5.27. The van der Waals surface area contributed by atoms with Crippen molar-refractivity contribution in [2.75, 3.05) is 0 Å². The lowest BCUT2D eigenvalue weighted by molar-refractivity contribution is -0.384. The molecule has 1 atom stereocenters. The first-order chi connectivity index (χ1) is 10.9. The molecule has 0 aliphatic heterocycles. The number of nitrogens with zero attached hydrogens (tertiary/aromatic N) is 1. The van der Waals surface area contributed by atoms with E-state index in [2.05, 4.69) is 5.32 Å². The highest BCUT2D eigenvalue weighted by atomic mass is 35.5. The normalized spacial score (nSPS) is 11.8. The van der Waals surface area contributed by atoms with Crippen LogP contribution >= 0.6 is 11.6 Å². The number of nitrogens with one attached hydrogen (secondary N) is 1. The molecule has 5 nitrogen and oxygen atoms in total. The Morgan fingerprint density at radius 2 is 1.91 bits per heavy atom. The highest BCUT2D eigenvalue weighted by molar-refractivity contribution is 6.34. The summed E-state index contributed by atoms with van der Waals surface area (Å²) in [7, 11) is 0. The zero-order valence-corrected chi connectivity index (χ0v) is 13.6. The number of nitro benzene ring substituents is 1. The summed E-state index contributed by atoms with van der Waals surface area (Å²) in [6, 6.07) is 11.6.